The third-order valence-electron chi connectivity index (χ3n) is 6.26. The van der Waals surface area contributed by atoms with Crippen molar-refractivity contribution in [1.82, 2.24) is 4.98 Å². The van der Waals surface area contributed by atoms with Crippen molar-refractivity contribution >= 4 is 26.3 Å². The fourth-order valence-corrected chi connectivity index (χ4v) is 5.96. The van der Waals surface area contributed by atoms with Gasteiger partial charge in [0.1, 0.15) is 0 Å². The van der Waals surface area contributed by atoms with E-state index >= 15 is 0 Å². The summed E-state index contributed by atoms with van der Waals surface area (Å²) in [6, 6.07) is 7.43. The molecule has 2 aliphatic carbocycles. The Morgan fingerprint density at radius 3 is 2.52 bits per heavy atom. The fourth-order valence-electron chi connectivity index (χ4n) is 4.77. The average molecular weight is 403 g/mol. The van der Waals surface area contributed by atoms with E-state index in [9.17, 15) is 8.42 Å². The number of nitrogens with zero attached hydrogens (tertiary/aromatic N) is 1. The molecule has 0 aliphatic heterocycles. The molecule has 2 aromatic rings. The van der Waals surface area contributed by atoms with E-state index in [-0.39, 0.29) is 5.41 Å². The maximum atomic E-state index is 11.8. The van der Waals surface area contributed by atoms with Crippen LogP contribution in [0.15, 0.2) is 53.0 Å². The smallest absolute Gasteiger partial charge is 0.186 e. The molecule has 0 bridgehead atoms. The molecule has 1 N–H and O–H groups in total. The largest absolute Gasteiger partial charge is 0.335 e. The molecule has 27 heavy (non-hydrogen) atoms. The van der Waals surface area contributed by atoms with E-state index < -0.39 is 9.84 Å². The van der Waals surface area contributed by atoms with E-state index in [0.29, 0.717) is 10.8 Å². The van der Waals surface area contributed by atoms with Crippen LogP contribution >= 0.6 is 11.3 Å². The van der Waals surface area contributed by atoms with Gasteiger partial charge in [0.25, 0.3) is 0 Å². The molecule has 0 spiro atoms. The maximum Gasteiger partial charge on any atom is 0.186 e. The molecule has 2 saturated carbocycles. The summed E-state index contributed by atoms with van der Waals surface area (Å²) in [5.74, 6) is 1.30. The number of thiazole rings is 1. The van der Waals surface area contributed by atoms with Crippen LogP contribution in [0.25, 0.3) is 0 Å². The summed E-state index contributed by atoms with van der Waals surface area (Å²) in [6.07, 6.45) is 10.7. The van der Waals surface area contributed by atoms with Gasteiger partial charge in [-0.15, -0.1) is 11.3 Å². The van der Waals surface area contributed by atoms with Crippen molar-refractivity contribution in [3.05, 3.63) is 53.7 Å². The first kappa shape index (κ1) is 18.7. The highest BCUT2D eigenvalue weighted by Crippen LogP contribution is 2.63. The third-order valence-corrected chi connectivity index (χ3v) is 8.08. The normalized spacial score (nSPS) is 25.9. The lowest BCUT2D eigenvalue weighted by molar-refractivity contribution is 0.307. The number of aromatic nitrogens is 1. The molecule has 0 radical (unpaired) electrons. The van der Waals surface area contributed by atoms with Gasteiger partial charge in [-0.2, -0.15) is 0 Å². The predicted molar refractivity (Wildman–Crippen MR) is 111 cm³/mol. The van der Waals surface area contributed by atoms with Crippen LogP contribution in [0, 0.1) is 11.8 Å². The Hall–Kier alpha value is -1.66. The molecule has 0 unspecified atom stereocenters. The molecule has 0 saturated heterocycles. The van der Waals surface area contributed by atoms with Gasteiger partial charge in [0.05, 0.1) is 4.90 Å². The Balaban J connectivity index is 1.65. The predicted octanol–water partition coefficient (Wildman–Crippen LogP) is 5.01. The molecule has 144 valence electrons. The van der Waals surface area contributed by atoms with Gasteiger partial charge in [0.2, 0.25) is 0 Å². The van der Waals surface area contributed by atoms with Gasteiger partial charge in [-0.3, -0.25) is 0 Å². The highest BCUT2D eigenvalue weighted by molar-refractivity contribution is 7.90. The second-order valence-electron chi connectivity index (χ2n) is 7.92. The molecular weight excluding hydrogens is 376 g/mol. The first-order valence-corrected chi connectivity index (χ1v) is 12.3. The standard InChI is InChI=1S/C21H26N2O2S2/c1-15(23-20-22-12-13-26-20)21(14-19(21)16-6-4-3-5-7-16)17-8-10-18(11-9-17)27(2,24)25/h8-13,16,19H,1,3-7,14H2,2H3,(H,22,23)/t19-,21-/m0/s1. The summed E-state index contributed by atoms with van der Waals surface area (Å²) < 4.78 is 23.7. The van der Waals surface area contributed by atoms with Gasteiger partial charge >= 0.3 is 0 Å². The van der Waals surface area contributed by atoms with Crippen LogP contribution < -0.4 is 5.32 Å². The van der Waals surface area contributed by atoms with E-state index in [1.165, 1.54) is 43.9 Å². The highest BCUT2D eigenvalue weighted by atomic mass is 32.2. The lowest BCUT2D eigenvalue weighted by Crippen LogP contribution is -2.23. The van der Waals surface area contributed by atoms with E-state index in [2.05, 4.69) is 16.9 Å². The third kappa shape index (κ3) is 3.57. The first-order valence-electron chi connectivity index (χ1n) is 9.58. The van der Waals surface area contributed by atoms with Gasteiger partial charge in [-0.25, -0.2) is 13.4 Å². The molecule has 4 nitrogen and oxygen atoms in total. The molecule has 6 heteroatoms. The van der Waals surface area contributed by atoms with Gasteiger partial charge in [-0.05, 0) is 36.0 Å². The molecule has 1 aromatic carbocycles. The zero-order valence-electron chi connectivity index (χ0n) is 15.6. The van der Waals surface area contributed by atoms with Crippen molar-refractivity contribution in [2.45, 2.75) is 48.8 Å². The second-order valence-corrected chi connectivity index (χ2v) is 10.8. The van der Waals surface area contributed by atoms with Crippen LogP contribution in [0.5, 0.6) is 0 Å². The lowest BCUT2D eigenvalue weighted by atomic mass is 9.79. The number of rotatable bonds is 6. The van der Waals surface area contributed by atoms with Crippen LogP contribution in [0.2, 0.25) is 0 Å². The average Bonchev–Trinajstić information content (AvgIpc) is 3.23. The number of nitrogens with one attached hydrogen (secondary N) is 1. The topological polar surface area (TPSA) is 59.1 Å². The summed E-state index contributed by atoms with van der Waals surface area (Å²) in [5.41, 5.74) is 2.03. The van der Waals surface area contributed by atoms with Crippen LogP contribution in [0.1, 0.15) is 44.1 Å². The summed E-state index contributed by atoms with van der Waals surface area (Å²) in [5, 5.41) is 6.25. The maximum absolute atomic E-state index is 11.8. The number of anilines is 1. The van der Waals surface area contributed by atoms with Crippen molar-refractivity contribution in [3.63, 3.8) is 0 Å². The molecule has 1 aromatic heterocycles. The van der Waals surface area contributed by atoms with Crippen LogP contribution in [-0.4, -0.2) is 19.7 Å². The number of hydrogen-bond acceptors (Lipinski definition) is 5. The van der Waals surface area contributed by atoms with Crippen molar-refractivity contribution < 1.29 is 8.42 Å². The van der Waals surface area contributed by atoms with Gasteiger partial charge in [0.15, 0.2) is 15.0 Å². The van der Waals surface area contributed by atoms with Crippen molar-refractivity contribution in [1.29, 1.82) is 0 Å². The van der Waals surface area contributed by atoms with E-state index in [0.717, 1.165) is 23.2 Å². The Bertz CT molecular complexity index is 914. The SMILES string of the molecule is C=C(Nc1nccs1)[C@]1(c2ccc(S(C)(=O)=O)cc2)C[C@H]1C1CCCCC1. The first-order chi connectivity index (χ1) is 12.9. The number of hydrogen-bond donors (Lipinski definition) is 1. The summed E-state index contributed by atoms with van der Waals surface area (Å²) in [4.78, 5) is 4.71. The molecule has 0 amide bonds. The summed E-state index contributed by atoms with van der Waals surface area (Å²) >= 11 is 1.57. The van der Waals surface area contributed by atoms with Gasteiger partial charge < -0.3 is 5.32 Å². The Morgan fingerprint density at radius 1 is 1.22 bits per heavy atom. The number of allylic oxidation sites excluding steroid dienone is 1. The van der Waals surface area contributed by atoms with Crippen LogP contribution in [-0.2, 0) is 15.3 Å². The minimum absolute atomic E-state index is 0.121. The molecule has 1 heterocycles. The summed E-state index contributed by atoms with van der Waals surface area (Å²) in [7, 11) is -3.19. The quantitative estimate of drug-likeness (QED) is 0.738. The monoisotopic (exact) mass is 402 g/mol. The van der Waals surface area contributed by atoms with Gasteiger partial charge in [0, 0.05) is 28.9 Å². The minimum Gasteiger partial charge on any atom is -0.335 e. The Labute approximate surface area is 165 Å². The molecule has 4 rings (SSSR count). The van der Waals surface area contributed by atoms with E-state index in [1.807, 2.05) is 17.5 Å². The van der Waals surface area contributed by atoms with Crippen molar-refractivity contribution in [2.75, 3.05) is 11.6 Å². The second kappa shape index (κ2) is 7.06. The fraction of sp³-hybridized carbons (Fsp3) is 0.476. The van der Waals surface area contributed by atoms with Crippen molar-refractivity contribution in [3.8, 4) is 0 Å². The highest BCUT2D eigenvalue weighted by Gasteiger charge is 2.60. The molecule has 2 fully saturated rings. The molecular formula is C21H26N2O2S2. The van der Waals surface area contributed by atoms with E-state index in [1.54, 1.807) is 29.7 Å². The Morgan fingerprint density at radius 2 is 1.93 bits per heavy atom. The Kier molecular flexibility index (Phi) is 4.89. The molecule has 2 atom stereocenters. The van der Waals surface area contributed by atoms with Crippen LogP contribution in [0.3, 0.4) is 0 Å². The summed E-state index contributed by atoms with van der Waals surface area (Å²) in [6.45, 7) is 4.39. The van der Waals surface area contributed by atoms with E-state index in [4.69, 9.17) is 0 Å². The minimum atomic E-state index is -3.19. The van der Waals surface area contributed by atoms with Crippen LogP contribution in [0.4, 0.5) is 5.13 Å². The molecule has 2 aliphatic rings. The zero-order valence-corrected chi connectivity index (χ0v) is 17.3. The van der Waals surface area contributed by atoms with Crippen molar-refractivity contribution in [2.24, 2.45) is 11.8 Å². The number of benzene rings is 1. The number of sulfone groups is 1. The van der Waals surface area contributed by atoms with Gasteiger partial charge in [-0.1, -0.05) is 50.8 Å². The lowest BCUT2D eigenvalue weighted by Gasteiger charge is -2.28. The zero-order chi connectivity index (χ0) is 19.1.